The van der Waals surface area contributed by atoms with Crippen LogP contribution in [0.1, 0.15) is 41.6 Å². The first-order chi connectivity index (χ1) is 10.0. The number of carbonyl (C=O) groups excluding carboxylic acids is 1. The first-order valence-corrected chi connectivity index (χ1v) is 6.60. The van der Waals surface area contributed by atoms with E-state index in [9.17, 15) is 9.90 Å². The van der Waals surface area contributed by atoms with Crippen molar-refractivity contribution in [3.05, 3.63) is 41.6 Å². The molecule has 0 atom stereocenters. The van der Waals surface area contributed by atoms with Crippen LogP contribution in [0.25, 0.3) is 0 Å². The number of aromatic hydroxyl groups is 1. The highest BCUT2D eigenvalue weighted by molar-refractivity contribution is 5.93. The number of ether oxygens (including phenoxy) is 1. The van der Waals surface area contributed by atoms with Crippen LogP contribution in [-0.2, 0) is 6.54 Å². The second-order valence-corrected chi connectivity index (χ2v) is 4.90. The van der Waals surface area contributed by atoms with Crippen LogP contribution in [0, 0.1) is 0 Å². The van der Waals surface area contributed by atoms with Crippen molar-refractivity contribution in [2.75, 3.05) is 7.11 Å². The standard InChI is InChI=1S/C15H18N2O4/c1-9(2)14-13(17-8-21-14)15(19)16-7-10-6-11(20-3)4-5-12(10)18/h4-6,8-9,18H,7H2,1-3H3,(H,16,19). The summed E-state index contributed by atoms with van der Waals surface area (Å²) in [6, 6.07) is 4.84. The molecule has 0 aliphatic rings. The van der Waals surface area contributed by atoms with E-state index in [1.165, 1.54) is 12.5 Å². The Morgan fingerprint density at radius 1 is 1.48 bits per heavy atom. The number of oxazole rings is 1. The normalized spacial score (nSPS) is 10.7. The van der Waals surface area contributed by atoms with Crippen LogP contribution >= 0.6 is 0 Å². The summed E-state index contributed by atoms with van der Waals surface area (Å²) in [6.07, 6.45) is 1.26. The maximum Gasteiger partial charge on any atom is 0.273 e. The Labute approximate surface area is 122 Å². The number of nitrogens with zero attached hydrogens (tertiary/aromatic N) is 1. The first-order valence-electron chi connectivity index (χ1n) is 6.60. The van der Waals surface area contributed by atoms with Gasteiger partial charge in [-0.3, -0.25) is 4.79 Å². The van der Waals surface area contributed by atoms with E-state index in [1.54, 1.807) is 19.2 Å². The minimum atomic E-state index is -0.338. The number of carbonyl (C=O) groups is 1. The molecule has 0 radical (unpaired) electrons. The molecule has 2 aromatic rings. The monoisotopic (exact) mass is 290 g/mol. The number of hydrogen-bond acceptors (Lipinski definition) is 5. The number of aromatic nitrogens is 1. The summed E-state index contributed by atoms with van der Waals surface area (Å²) in [5, 5.41) is 12.5. The zero-order chi connectivity index (χ0) is 15.4. The van der Waals surface area contributed by atoms with Gasteiger partial charge in [0.25, 0.3) is 5.91 Å². The molecule has 0 aliphatic heterocycles. The Balaban J connectivity index is 2.09. The van der Waals surface area contributed by atoms with E-state index < -0.39 is 0 Å². The zero-order valence-corrected chi connectivity index (χ0v) is 12.2. The topological polar surface area (TPSA) is 84.6 Å². The van der Waals surface area contributed by atoms with Crippen molar-refractivity contribution in [3.8, 4) is 11.5 Å². The van der Waals surface area contributed by atoms with E-state index in [0.717, 1.165) is 0 Å². The smallest absolute Gasteiger partial charge is 0.273 e. The quantitative estimate of drug-likeness (QED) is 0.883. The fourth-order valence-electron chi connectivity index (χ4n) is 1.92. The van der Waals surface area contributed by atoms with Crippen LogP contribution in [-0.4, -0.2) is 23.1 Å². The van der Waals surface area contributed by atoms with Crippen molar-refractivity contribution in [1.82, 2.24) is 10.3 Å². The van der Waals surface area contributed by atoms with Gasteiger partial charge in [0, 0.05) is 18.0 Å². The summed E-state index contributed by atoms with van der Waals surface area (Å²) >= 11 is 0. The van der Waals surface area contributed by atoms with Crippen molar-refractivity contribution in [3.63, 3.8) is 0 Å². The SMILES string of the molecule is COc1ccc(O)c(CNC(=O)c2ncoc2C(C)C)c1. The lowest BCUT2D eigenvalue weighted by Crippen LogP contribution is -2.24. The van der Waals surface area contributed by atoms with E-state index >= 15 is 0 Å². The van der Waals surface area contributed by atoms with Gasteiger partial charge < -0.3 is 19.6 Å². The number of hydrogen-bond donors (Lipinski definition) is 2. The molecule has 0 spiro atoms. The Kier molecular flexibility index (Phi) is 4.47. The number of amides is 1. The van der Waals surface area contributed by atoms with Crippen molar-refractivity contribution in [2.24, 2.45) is 0 Å². The van der Waals surface area contributed by atoms with Crippen molar-refractivity contribution < 1.29 is 19.1 Å². The Morgan fingerprint density at radius 3 is 2.90 bits per heavy atom. The number of phenolic OH excluding ortho intramolecular Hbond substituents is 1. The second-order valence-electron chi connectivity index (χ2n) is 4.90. The van der Waals surface area contributed by atoms with Gasteiger partial charge in [-0.2, -0.15) is 0 Å². The van der Waals surface area contributed by atoms with Crippen molar-refractivity contribution in [1.29, 1.82) is 0 Å². The fourth-order valence-corrected chi connectivity index (χ4v) is 1.92. The Bertz CT molecular complexity index is 634. The molecule has 21 heavy (non-hydrogen) atoms. The molecule has 1 aromatic heterocycles. The van der Waals surface area contributed by atoms with Gasteiger partial charge in [-0.25, -0.2) is 4.98 Å². The number of benzene rings is 1. The molecule has 6 heteroatoms. The van der Waals surface area contributed by atoms with Gasteiger partial charge in [0.2, 0.25) is 0 Å². The Hall–Kier alpha value is -2.50. The molecule has 112 valence electrons. The van der Waals surface area contributed by atoms with Crippen LogP contribution < -0.4 is 10.1 Å². The fraction of sp³-hybridized carbons (Fsp3) is 0.333. The van der Waals surface area contributed by atoms with Crippen LogP contribution in [0.5, 0.6) is 11.5 Å². The van der Waals surface area contributed by atoms with Crippen LogP contribution in [0.4, 0.5) is 0 Å². The van der Waals surface area contributed by atoms with Crippen LogP contribution in [0.15, 0.2) is 29.0 Å². The minimum Gasteiger partial charge on any atom is -0.508 e. The molecule has 1 aromatic carbocycles. The molecule has 0 bridgehead atoms. The molecular formula is C15H18N2O4. The van der Waals surface area contributed by atoms with E-state index in [0.29, 0.717) is 17.1 Å². The van der Waals surface area contributed by atoms with E-state index in [4.69, 9.17) is 9.15 Å². The van der Waals surface area contributed by atoms with E-state index in [-0.39, 0.29) is 29.8 Å². The molecule has 0 aliphatic carbocycles. The van der Waals surface area contributed by atoms with Gasteiger partial charge in [0.15, 0.2) is 12.1 Å². The molecule has 2 rings (SSSR count). The molecule has 1 amide bonds. The second kappa shape index (κ2) is 6.30. The highest BCUT2D eigenvalue weighted by Gasteiger charge is 2.19. The summed E-state index contributed by atoms with van der Waals surface area (Å²) in [4.78, 5) is 16.1. The largest absolute Gasteiger partial charge is 0.508 e. The first kappa shape index (κ1) is 14.9. The van der Waals surface area contributed by atoms with Gasteiger partial charge in [-0.15, -0.1) is 0 Å². The number of phenols is 1. The van der Waals surface area contributed by atoms with Gasteiger partial charge in [-0.05, 0) is 18.2 Å². The third-order valence-corrected chi connectivity index (χ3v) is 3.06. The van der Waals surface area contributed by atoms with Crippen molar-refractivity contribution in [2.45, 2.75) is 26.3 Å². The van der Waals surface area contributed by atoms with Crippen molar-refractivity contribution >= 4 is 5.91 Å². The molecule has 6 nitrogen and oxygen atoms in total. The summed E-state index contributed by atoms with van der Waals surface area (Å²) in [6.45, 7) is 4.02. The highest BCUT2D eigenvalue weighted by atomic mass is 16.5. The molecule has 0 saturated heterocycles. The number of rotatable bonds is 5. The highest BCUT2D eigenvalue weighted by Crippen LogP contribution is 2.23. The zero-order valence-electron chi connectivity index (χ0n) is 12.2. The molecular weight excluding hydrogens is 272 g/mol. The molecule has 0 saturated carbocycles. The van der Waals surface area contributed by atoms with E-state index in [2.05, 4.69) is 10.3 Å². The van der Waals surface area contributed by atoms with Gasteiger partial charge in [0.1, 0.15) is 17.3 Å². The van der Waals surface area contributed by atoms with Crippen LogP contribution in [0.2, 0.25) is 0 Å². The molecule has 1 heterocycles. The minimum absolute atomic E-state index is 0.0680. The third kappa shape index (κ3) is 3.34. The lowest BCUT2D eigenvalue weighted by Gasteiger charge is -2.09. The average molecular weight is 290 g/mol. The van der Waals surface area contributed by atoms with Gasteiger partial charge >= 0.3 is 0 Å². The maximum absolute atomic E-state index is 12.1. The summed E-state index contributed by atoms with van der Waals surface area (Å²) in [7, 11) is 1.54. The molecule has 0 unspecified atom stereocenters. The number of methoxy groups -OCH3 is 1. The maximum atomic E-state index is 12.1. The predicted octanol–water partition coefficient (Wildman–Crippen LogP) is 2.44. The van der Waals surface area contributed by atoms with Gasteiger partial charge in [-0.1, -0.05) is 13.8 Å². The average Bonchev–Trinajstić information content (AvgIpc) is 2.96. The van der Waals surface area contributed by atoms with Crippen LogP contribution in [0.3, 0.4) is 0 Å². The van der Waals surface area contributed by atoms with Gasteiger partial charge in [0.05, 0.1) is 7.11 Å². The number of nitrogens with one attached hydrogen (secondary N) is 1. The lowest BCUT2D eigenvalue weighted by molar-refractivity contribution is 0.0944. The van der Waals surface area contributed by atoms with E-state index in [1.807, 2.05) is 13.8 Å². The summed E-state index contributed by atoms with van der Waals surface area (Å²) < 4.78 is 10.3. The lowest BCUT2D eigenvalue weighted by atomic mass is 10.1. The predicted molar refractivity (Wildman–Crippen MR) is 76.4 cm³/mol. The molecule has 2 N–H and O–H groups in total. The summed E-state index contributed by atoms with van der Waals surface area (Å²) in [5.74, 6) is 0.984. The third-order valence-electron chi connectivity index (χ3n) is 3.06. The summed E-state index contributed by atoms with van der Waals surface area (Å²) in [5.41, 5.74) is 0.838. The Morgan fingerprint density at radius 2 is 2.24 bits per heavy atom. The molecule has 0 fully saturated rings.